The van der Waals surface area contributed by atoms with Gasteiger partial charge in [-0.05, 0) is 24.5 Å². The number of nitrogens with zero attached hydrogens (tertiary/aromatic N) is 3. The van der Waals surface area contributed by atoms with Crippen LogP contribution in [0, 0.1) is 5.92 Å². The topological polar surface area (TPSA) is 72.1 Å². The van der Waals surface area contributed by atoms with Crippen LogP contribution in [-0.4, -0.2) is 29.0 Å². The maximum atomic E-state index is 11.5. The number of piperidine rings is 1. The summed E-state index contributed by atoms with van der Waals surface area (Å²) in [5.74, 6) is 0.584. The Labute approximate surface area is 144 Å². The van der Waals surface area contributed by atoms with Gasteiger partial charge in [0.05, 0.1) is 11.3 Å². The molecule has 0 radical (unpaired) electrons. The highest BCUT2D eigenvalue weighted by atomic mass is 32.1. The minimum absolute atomic E-state index is 0.101. The number of benzene rings is 1. The van der Waals surface area contributed by atoms with Gasteiger partial charge in [0.15, 0.2) is 0 Å². The van der Waals surface area contributed by atoms with Gasteiger partial charge in [-0.15, -0.1) is 11.3 Å². The van der Waals surface area contributed by atoms with E-state index in [1.165, 1.54) is 10.4 Å². The molecule has 1 aliphatic rings. The average Bonchev–Trinajstić information content (AvgIpc) is 3.07. The number of aromatic nitrogens is 2. The number of fused-ring (bicyclic) bond motifs is 1. The molecule has 24 heavy (non-hydrogen) atoms. The summed E-state index contributed by atoms with van der Waals surface area (Å²) < 4.78 is 0. The molecular weight excluding hydrogens is 320 g/mol. The van der Waals surface area contributed by atoms with Gasteiger partial charge in [-0.3, -0.25) is 4.79 Å². The van der Waals surface area contributed by atoms with Crippen molar-refractivity contribution in [3.05, 3.63) is 42.7 Å². The summed E-state index contributed by atoms with van der Waals surface area (Å²) in [4.78, 5) is 24.8. The van der Waals surface area contributed by atoms with Gasteiger partial charge in [0.1, 0.15) is 17.0 Å². The third kappa shape index (κ3) is 2.73. The monoisotopic (exact) mass is 338 g/mol. The van der Waals surface area contributed by atoms with Crippen molar-refractivity contribution >= 4 is 33.3 Å². The maximum absolute atomic E-state index is 11.5. The number of nitrogens with two attached hydrogens (primary N) is 1. The molecule has 1 aromatic carbocycles. The summed E-state index contributed by atoms with van der Waals surface area (Å²) in [5, 5.41) is 1.05. The molecule has 3 heterocycles. The van der Waals surface area contributed by atoms with E-state index in [9.17, 15) is 4.79 Å². The van der Waals surface area contributed by atoms with Crippen molar-refractivity contribution in [2.75, 3.05) is 18.0 Å². The number of carbonyl (C=O) groups excluding carboxylic acids is 1. The summed E-state index contributed by atoms with van der Waals surface area (Å²) >= 11 is 1.67. The van der Waals surface area contributed by atoms with Gasteiger partial charge in [0.25, 0.3) is 0 Å². The number of anilines is 1. The van der Waals surface area contributed by atoms with Crippen LogP contribution in [0.1, 0.15) is 12.8 Å². The number of amides is 1. The van der Waals surface area contributed by atoms with Gasteiger partial charge in [0, 0.05) is 18.0 Å². The van der Waals surface area contributed by atoms with E-state index >= 15 is 0 Å². The maximum Gasteiger partial charge on any atom is 0.222 e. The standard InChI is InChI=1S/C18H18N4OS/c19-16(23)13-7-4-8-22(10-13)17-14-9-15(12-5-2-1-3-6-12)24-18(14)21-11-20-17/h1-3,5-6,9,11,13H,4,7-8,10H2,(H2,19,23). The predicted molar refractivity (Wildman–Crippen MR) is 97.0 cm³/mol. The van der Waals surface area contributed by atoms with Crippen LogP contribution in [0.4, 0.5) is 5.82 Å². The molecule has 4 rings (SSSR count). The average molecular weight is 338 g/mol. The molecule has 122 valence electrons. The minimum atomic E-state index is -0.222. The molecule has 0 saturated carbocycles. The predicted octanol–water partition coefficient (Wildman–Crippen LogP) is 3.06. The highest BCUT2D eigenvalue weighted by Crippen LogP contribution is 2.36. The normalized spacial score (nSPS) is 18.0. The summed E-state index contributed by atoms with van der Waals surface area (Å²) in [6, 6.07) is 12.4. The second kappa shape index (κ2) is 6.20. The molecule has 1 atom stereocenters. The van der Waals surface area contributed by atoms with Gasteiger partial charge in [-0.25, -0.2) is 9.97 Å². The van der Waals surface area contributed by atoms with Crippen LogP contribution in [0.3, 0.4) is 0 Å². The molecule has 1 unspecified atom stereocenters. The van der Waals surface area contributed by atoms with E-state index in [4.69, 9.17) is 5.73 Å². The number of hydrogen-bond donors (Lipinski definition) is 1. The van der Waals surface area contributed by atoms with E-state index in [1.807, 2.05) is 18.2 Å². The van der Waals surface area contributed by atoms with Crippen molar-refractivity contribution in [3.8, 4) is 10.4 Å². The van der Waals surface area contributed by atoms with Crippen LogP contribution >= 0.6 is 11.3 Å². The zero-order chi connectivity index (χ0) is 16.5. The molecule has 2 aromatic heterocycles. The minimum Gasteiger partial charge on any atom is -0.369 e. The van der Waals surface area contributed by atoms with Crippen LogP contribution in [0.2, 0.25) is 0 Å². The lowest BCUT2D eigenvalue weighted by Crippen LogP contribution is -2.41. The fourth-order valence-corrected chi connectivity index (χ4v) is 4.24. The van der Waals surface area contributed by atoms with Crippen LogP contribution in [0.15, 0.2) is 42.7 Å². The molecule has 6 heteroatoms. The Bertz CT molecular complexity index is 877. The van der Waals surface area contributed by atoms with Crippen molar-refractivity contribution in [3.63, 3.8) is 0 Å². The van der Waals surface area contributed by atoms with Gasteiger partial charge in [-0.2, -0.15) is 0 Å². The molecule has 0 aliphatic carbocycles. The van der Waals surface area contributed by atoms with Crippen molar-refractivity contribution < 1.29 is 4.79 Å². The lowest BCUT2D eigenvalue weighted by molar-refractivity contribution is -0.122. The van der Waals surface area contributed by atoms with Crippen molar-refractivity contribution in [1.82, 2.24) is 9.97 Å². The molecule has 1 saturated heterocycles. The fourth-order valence-electron chi connectivity index (χ4n) is 3.24. The third-order valence-corrected chi connectivity index (χ3v) is 5.58. The van der Waals surface area contributed by atoms with E-state index in [-0.39, 0.29) is 11.8 Å². The summed E-state index contributed by atoms with van der Waals surface area (Å²) in [7, 11) is 0. The smallest absolute Gasteiger partial charge is 0.222 e. The van der Waals surface area contributed by atoms with Gasteiger partial charge in [0.2, 0.25) is 5.91 Å². The SMILES string of the molecule is NC(=O)C1CCCN(c2ncnc3sc(-c4ccccc4)cc23)C1. The first-order valence-electron chi connectivity index (χ1n) is 8.06. The second-order valence-corrected chi connectivity index (χ2v) is 7.11. The molecule has 1 amide bonds. The molecule has 3 aromatic rings. The Hall–Kier alpha value is -2.47. The number of hydrogen-bond acceptors (Lipinski definition) is 5. The lowest BCUT2D eigenvalue weighted by Gasteiger charge is -2.32. The van der Waals surface area contributed by atoms with Crippen LogP contribution in [0.5, 0.6) is 0 Å². The molecular formula is C18H18N4OS. The first-order valence-corrected chi connectivity index (χ1v) is 8.88. The molecule has 2 N–H and O–H groups in total. The number of carbonyl (C=O) groups is 1. The van der Waals surface area contributed by atoms with Crippen LogP contribution < -0.4 is 10.6 Å². The van der Waals surface area contributed by atoms with Gasteiger partial charge in [-0.1, -0.05) is 30.3 Å². The van der Waals surface area contributed by atoms with Gasteiger partial charge < -0.3 is 10.6 Å². The number of thiophene rings is 1. The largest absolute Gasteiger partial charge is 0.369 e. The van der Waals surface area contributed by atoms with Crippen molar-refractivity contribution in [2.24, 2.45) is 11.7 Å². The lowest BCUT2D eigenvalue weighted by atomic mass is 9.97. The summed E-state index contributed by atoms with van der Waals surface area (Å²) in [6.45, 7) is 1.53. The number of rotatable bonds is 3. The summed E-state index contributed by atoms with van der Waals surface area (Å²) in [5.41, 5.74) is 6.68. The Morgan fingerprint density at radius 3 is 2.88 bits per heavy atom. The number of primary amides is 1. The van der Waals surface area contributed by atoms with Crippen molar-refractivity contribution in [2.45, 2.75) is 12.8 Å². The molecule has 0 bridgehead atoms. The van der Waals surface area contributed by atoms with Gasteiger partial charge >= 0.3 is 0 Å². The van der Waals surface area contributed by atoms with E-state index in [2.05, 4.69) is 33.1 Å². The van der Waals surface area contributed by atoms with E-state index in [0.717, 1.165) is 35.4 Å². The molecule has 5 nitrogen and oxygen atoms in total. The summed E-state index contributed by atoms with van der Waals surface area (Å²) in [6.07, 6.45) is 3.42. The van der Waals surface area contributed by atoms with E-state index in [0.29, 0.717) is 6.54 Å². The van der Waals surface area contributed by atoms with E-state index in [1.54, 1.807) is 17.7 Å². The quantitative estimate of drug-likeness (QED) is 0.797. The first kappa shape index (κ1) is 15.1. The Morgan fingerprint density at radius 1 is 1.25 bits per heavy atom. The first-order chi connectivity index (χ1) is 11.7. The zero-order valence-electron chi connectivity index (χ0n) is 13.2. The molecule has 0 spiro atoms. The van der Waals surface area contributed by atoms with Crippen LogP contribution in [0.25, 0.3) is 20.7 Å². The highest BCUT2D eigenvalue weighted by molar-refractivity contribution is 7.21. The van der Waals surface area contributed by atoms with Crippen molar-refractivity contribution in [1.29, 1.82) is 0 Å². The fraction of sp³-hybridized carbons (Fsp3) is 0.278. The Kier molecular flexibility index (Phi) is 3.90. The Balaban J connectivity index is 1.74. The highest BCUT2D eigenvalue weighted by Gasteiger charge is 2.26. The molecule has 1 aliphatic heterocycles. The van der Waals surface area contributed by atoms with Crippen LogP contribution in [-0.2, 0) is 4.79 Å². The Morgan fingerprint density at radius 2 is 2.08 bits per heavy atom. The third-order valence-electron chi connectivity index (χ3n) is 4.49. The molecule has 1 fully saturated rings. The second-order valence-electron chi connectivity index (χ2n) is 6.08. The van der Waals surface area contributed by atoms with E-state index < -0.39 is 0 Å². The zero-order valence-corrected chi connectivity index (χ0v) is 14.0.